The molecule has 1 saturated heterocycles. The van der Waals surface area contributed by atoms with Gasteiger partial charge in [-0.15, -0.1) is 0 Å². The van der Waals surface area contributed by atoms with Crippen molar-refractivity contribution < 1.29 is 18.7 Å². The van der Waals surface area contributed by atoms with Crippen molar-refractivity contribution in [3.8, 4) is 11.5 Å². The van der Waals surface area contributed by atoms with Crippen molar-refractivity contribution in [2.24, 2.45) is 4.99 Å². The van der Waals surface area contributed by atoms with Gasteiger partial charge in [-0.3, -0.25) is 9.69 Å². The summed E-state index contributed by atoms with van der Waals surface area (Å²) in [6.07, 6.45) is 1.79. The van der Waals surface area contributed by atoms with E-state index in [1.54, 1.807) is 54.5 Å². The lowest BCUT2D eigenvalue weighted by Gasteiger charge is -2.12. The minimum absolute atomic E-state index is 0.141. The van der Waals surface area contributed by atoms with Crippen molar-refractivity contribution in [2.75, 3.05) is 13.7 Å². The van der Waals surface area contributed by atoms with Gasteiger partial charge in [0.1, 0.15) is 12.4 Å². The SMILES string of the molecule is CCN1C(=O)/C(=C\c2ccc(OCc3ccc(Cl)c(Cl)c3)c(OC)c2)SC1=Nc1ccc(F)cc1. The molecule has 1 aliphatic rings. The maximum absolute atomic E-state index is 13.2. The molecule has 5 nitrogen and oxygen atoms in total. The van der Waals surface area contributed by atoms with E-state index in [-0.39, 0.29) is 18.3 Å². The van der Waals surface area contributed by atoms with Crippen molar-refractivity contribution in [1.29, 1.82) is 0 Å². The lowest BCUT2D eigenvalue weighted by molar-refractivity contribution is -0.122. The highest BCUT2D eigenvalue weighted by molar-refractivity contribution is 8.18. The molecular weight excluding hydrogens is 510 g/mol. The maximum atomic E-state index is 13.2. The molecule has 0 aromatic heterocycles. The summed E-state index contributed by atoms with van der Waals surface area (Å²) in [6, 6.07) is 16.6. The van der Waals surface area contributed by atoms with E-state index in [1.165, 1.54) is 23.9 Å². The number of halogens is 3. The lowest BCUT2D eigenvalue weighted by Crippen LogP contribution is -2.28. The van der Waals surface area contributed by atoms with Gasteiger partial charge in [0.05, 0.1) is 27.7 Å². The number of benzene rings is 3. The van der Waals surface area contributed by atoms with E-state index in [9.17, 15) is 9.18 Å². The Bertz CT molecular complexity index is 1310. The van der Waals surface area contributed by atoms with Crippen LogP contribution >= 0.6 is 35.0 Å². The Labute approximate surface area is 217 Å². The zero-order valence-electron chi connectivity index (χ0n) is 18.9. The van der Waals surface area contributed by atoms with Gasteiger partial charge in [0, 0.05) is 6.54 Å². The number of ether oxygens (including phenoxy) is 2. The highest BCUT2D eigenvalue weighted by Gasteiger charge is 2.32. The second-order valence-corrected chi connectivity index (χ2v) is 9.30. The number of nitrogens with zero attached hydrogens (tertiary/aromatic N) is 2. The summed E-state index contributed by atoms with van der Waals surface area (Å²) in [7, 11) is 1.56. The van der Waals surface area contributed by atoms with Crippen molar-refractivity contribution in [3.63, 3.8) is 0 Å². The monoisotopic (exact) mass is 530 g/mol. The molecular formula is C26H21Cl2FN2O3S. The van der Waals surface area contributed by atoms with Gasteiger partial charge in [-0.05, 0) is 84.4 Å². The number of thioether (sulfide) groups is 1. The number of likely N-dealkylation sites (N-methyl/N-ethyl adjacent to an activating group) is 1. The lowest BCUT2D eigenvalue weighted by atomic mass is 10.1. The zero-order chi connectivity index (χ0) is 24.9. The molecule has 1 fully saturated rings. The quantitative estimate of drug-likeness (QED) is 0.299. The second-order valence-electron chi connectivity index (χ2n) is 7.48. The normalized spacial score (nSPS) is 15.8. The predicted octanol–water partition coefficient (Wildman–Crippen LogP) is 7.34. The van der Waals surface area contributed by atoms with E-state index in [4.69, 9.17) is 32.7 Å². The molecule has 9 heteroatoms. The van der Waals surface area contributed by atoms with Crippen molar-refractivity contribution in [3.05, 3.63) is 92.6 Å². The van der Waals surface area contributed by atoms with Crippen LogP contribution in [0.25, 0.3) is 6.08 Å². The molecule has 1 aliphatic heterocycles. The van der Waals surface area contributed by atoms with Gasteiger partial charge in [0.15, 0.2) is 16.7 Å². The van der Waals surface area contributed by atoms with Crippen LogP contribution in [0.3, 0.4) is 0 Å². The van der Waals surface area contributed by atoms with Gasteiger partial charge in [-0.25, -0.2) is 9.38 Å². The molecule has 1 amide bonds. The van der Waals surface area contributed by atoms with Gasteiger partial charge >= 0.3 is 0 Å². The Morgan fingerprint density at radius 2 is 1.80 bits per heavy atom. The highest BCUT2D eigenvalue weighted by atomic mass is 35.5. The molecule has 1 heterocycles. The molecule has 0 radical (unpaired) electrons. The highest BCUT2D eigenvalue weighted by Crippen LogP contribution is 2.36. The first-order chi connectivity index (χ1) is 16.9. The Morgan fingerprint density at radius 1 is 1.03 bits per heavy atom. The third-order valence-electron chi connectivity index (χ3n) is 5.12. The third-order valence-corrected chi connectivity index (χ3v) is 6.87. The number of amides is 1. The molecule has 180 valence electrons. The van der Waals surface area contributed by atoms with Crippen LogP contribution in [0.5, 0.6) is 11.5 Å². The van der Waals surface area contributed by atoms with Crippen molar-refractivity contribution in [1.82, 2.24) is 4.90 Å². The standard InChI is InChI=1S/C26H21Cl2FN2O3S/c1-3-31-25(32)24(35-26(31)30-19-8-6-18(29)7-9-19)14-16-5-11-22(23(13-16)33-2)34-15-17-4-10-20(27)21(28)12-17/h4-14H,3,15H2,1-2H3/b24-14+,30-26?. The van der Waals surface area contributed by atoms with Gasteiger partial charge in [-0.1, -0.05) is 35.3 Å². The Hall–Kier alpha value is -3.00. The third kappa shape index (κ3) is 5.99. The number of methoxy groups -OCH3 is 1. The molecule has 35 heavy (non-hydrogen) atoms. The van der Waals surface area contributed by atoms with Gasteiger partial charge < -0.3 is 9.47 Å². The first kappa shape index (κ1) is 25.1. The number of carbonyl (C=O) groups is 1. The molecule has 0 bridgehead atoms. The van der Waals surface area contributed by atoms with Crippen LogP contribution in [-0.2, 0) is 11.4 Å². The maximum Gasteiger partial charge on any atom is 0.266 e. The van der Waals surface area contributed by atoms with Crippen molar-refractivity contribution in [2.45, 2.75) is 13.5 Å². The zero-order valence-corrected chi connectivity index (χ0v) is 21.3. The average molecular weight is 531 g/mol. The Kier molecular flexibility index (Phi) is 8.00. The number of rotatable bonds is 7. The van der Waals surface area contributed by atoms with Crippen LogP contribution in [0.15, 0.2) is 70.6 Å². The fraction of sp³-hybridized carbons (Fsp3) is 0.154. The molecule has 0 atom stereocenters. The predicted molar refractivity (Wildman–Crippen MR) is 140 cm³/mol. The van der Waals surface area contributed by atoms with Crippen LogP contribution < -0.4 is 9.47 Å². The fourth-order valence-electron chi connectivity index (χ4n) is 3.33. The fourth-order valence-corrected chi connectivity index (χ4v) is 4.71. The number of amidine groups is 1. The van der Waals surface area contributed by atoms with Crippen LogP contribution in [0.4, 0.5) is 10.1 Å². The minimum Gasteiger partial charge on any atom is -0.493 e. The summed E-state index contributed by atoms with van der Waals surface area (Å²) in [5.41, 5.74) is 2.22. The number of carbonyl (C=O) groups excluding carboxylic acids is 1. The van der Waals surface area contributed by atoms with Gasteiger partial charge in [-0.2, -0.15) is 0 Å². The Morgan fingerprint density at radius 3 is 2.49 bits per heavy atom. The summed E-state index contributed by atoms with van der Waals surface area (Å²) in [6.45, 7) is 2.63. The van der Waals surface area contributed by atoms with Crippen LogP contribution in [0, 0.1) is 5.82 Å². The van der Waals surface area contributed by atoms with Crippen LogP contribution in [-0.4, -0.2) is 29.6 Å². The molecule has 4 rings (SSSR count). The summed E-state index contributed by atoms with van der Waals surface area (Å²) >= 11 is 13.3. The molecule has 0 aliphatic carbocycles. The van der Waals surface area contributed by atoms with Crippen LogP contribution in [0.2, 0.25) is 10.0 Å². The summed E-state index contributed by atoms with van der Waals surface area (Å²) in [4.78, 5) is 19.6. The number of hydrogen-bond acceptors (Lipinski definition) is 5. The molecule has 3 aromatic carbocycles. The van der Waals surface area contributed by atoms with Crippen molar-refractivity contribution >= 4 is 57.8 Å². The number of hydrogen-bond donors (Lipinski definition) is 0. The van der Waals surface area contributed by atoms with E-state index < -0.39 is 0 Å². The van der Waals surface area contributed by atoms with E-state index in [2.05, 4.69) is 4.99 Å². The molecule has 0 unspecified atom stereocenters. The number of aliphatic imine (C=N–C) groups is 1. The van der Waals surface area contributed by atoms with Gasteiger partial charge in [0.25, 0.3) is 5.91 Å². The molecule has 0 N–H and O–H groups in total. The van der Waals surface area contributed by atoms with E-state index in [0.29, 0.717) is 43.8 Å². The van der Waals surface area contributed by atoms with E-state index in [0.717, 1.165) is 11.1 Å². The van der Waals surface area contributed by atoms with E-state index in [1.807, 2.05) is 19.1 Å². The topological polar surface area (TPSA) is 51.1 Å². The first-order valence-electron chi connectivity index (χ1n) is 10.7. The summed E-state index contributed by atoms with van der Waals surface area (Å²) in [5.74, 6) is 0.606. The molecule has 0 spiro atoms. The smallest absolute Gasteiger partial charge is 0.266 e. The minimum atomic E-state index is -0.338. The summed E-state index contributed by atoms with van der Waals surface area (Å²) in [5, 5.41) is 1.49. The van der Waals surface area contributed by atoms with Crippen LogP contribution in [0.1, 0.15) is 18.1 Å². The summed E-state index contributed by atoms with van der Waals surface area (Å²) < 4.78 is 24.6. The van der Waals surface area contributed by atoms with Gasteiger partial charge in [0.2, 0.25) is 0 Å². The molecule has 3 aromatic rings. The molecule has 0 saturated carbocycles. The largest absolute Gasteiger partial charge is 0.493 e. The Balaban J connectivity index is 1.53. The average Bonchev–Trinajstić information content (AvgIpc) is 3.15. The second kappa shape index (κ2) is 11.2. The first-order valence-corrected chi connectivity index (χ1v) is 12.3. The van der Waals surface area contributed by atoms with E-state index >= 15 is 0 Å².